The van der Waals surface area contributed by atoms with Gasteiger partial charge in [-0.3, -0.25) is 20.5 Å². The minimum absolute atomic E-state index is 0.209. The number of unbranched alkanes of at least 4 members (excludes halogenated alkanes) is 1. The molecule has 1 rings (SSSR count). The summed E-state index contributed by atoms with van der Waals surface area (Å²) in [6.45, 7) is 8.56. The van der Waals surface area contributed by atoms with Crippen molar-refractivity contribution in [2.75, 3.05) is 33.4 Å². The van der Waals surface area contributed by atoms with Gasteiger partial charge in [-0.2, -0.15) is 0 Å². The predicted octanol–water partition coefficient (Wildman–Crippen LogP) is 3.97. The number of rotatable bonds is 18. The number of aldehydes is 1. The molecule has 0 unspecified atom stereocenters. The van der Waals surface area contributed by atoms with E-state index in [2.05, 4.69) is 33.2 Å². The zero-order valence-corrected chi connectivity index (χ0v) is 24.9. The summed E-state index contributed by atoms with van der Waals surface area (Å²) in [6.07, 6.45) is 20.0. The highest BCUT2D eigenvalue weighted by atomic mass is 16.5. The van der Waals surface area contributed by atoms with Crippen LogP contribution >= 0.6 is 0 Å². The highest BCUT2D eigenvalue weighted by Crippen LogP contribution is 2.14. The van der Waals surface area contributed by atoms with Crippen LogP contribution in [0.4, 0.5) is 4.79 Å². The first-order valence-electron chi connectivity index (χ1n) is 13.8. The third-order valence-corrected chi connectivity index (χ3v) is 5.84. The Morgan fingerprint density at radius 1 is 1.27 bits per heavy atom. The van der Waals surface area contributed by atoms with Gasteiger partial charge in [0.2, 0.25) is 0 Å². The van der Waals surface area contributed by atoms with E-state index in [0.717, 1.165) is 25.0 Å². The van der Waals surface area contributed by atoms with E-state index in [1.165, 1.54) is 0 Å². The van der Waals surface area contributed by atoms with Crippen molar-refractivity contribution in [2.45, 2.75) is 53.0 Å². The van der Waals surface area contributed by atoms with Gasteiger partial charge in [-0.05, 0) is 57.4 Å². The van der Waals surface area contributed by atoms with Gasteiger partial charge in [0.25, 0.3) is 0 Å². The minimum atomic E-state index is -0.522. The van der Waals surface area contributed by atoms with Crippen LogP contribution < -0.4 is 21.3 Å². The Bertz CT molecular complexity index is 1130. The highest BCUT2D eigenvalue weighted by molar-refractivity contribution is 6.13. The largest absolute Gasteiger partial charge is 0.394 e. The molecule has 0 aromatic carbocycles. The van der Waals surface area contributed by atoms with Crippen LogP contribution in [0.5, 0.6) is 0 Å². The molecule has 0 heterocycles. The van der Waals surface area contributed by atoms with Crippen molar-refractivity contribution in [3.63, 3.8) is 0 Å². The average molecular weight is 567 g/mol. The molecule has 224 valence electrons. The van der Waals surface area contributed by atoms with Crippen molar-refractivity contribution in [3.8, 4) is 0 Å². The molecule has 0 spiro atoms. The number of hydrogen-bond donors (Lipinski definition) is 6. The summed E-state index contributed by atoms with van der Waals surface area (Å²) in [5, 5.41) is 30.8. The number of ether oxygens (including phenoxy) is 1. The van der Waals surface area contributed by atoms with Crippen LogP contribution in [-0.2, 0) is 9.53 Å². The molecular weight excluding hydrogens is 520 g/mol. The SMILES string of the molecule is C\C=C(C=O)/N=C(C)/C=C\C(=C/CCC)C(=N)/C(C)=C(/NC(=O)N[C@@H](CO)CNCCOC)NC1=CC=CCC=C1. The molecule has 1 atom stereocenters. The lowest BCUT2D eigenvalue weighted by molar-refractivity contribution is -0.104. The Balaban J connectivity index is 3.32. The number of hydrogen-bond acceptors (Lipinski definition) is 8. The molecule has 2 amide bonds. The number of allylic oxidation sites excluding steroid dienone is 12. The Kier molecular flexibility index (Phi) is 18.0. The molecule has 10 nitrogen and oxygen atoms in total. The zero-order chi connectivity index (χ0) is 30.5. The maximum atomic E-state index is 13.0. The predicted molar refractivity (Wildman–Crippen MR) is 167 cm³/mol. The number of carbonyl (C=O) groups excluding carboxylic acids is 2. The number of nitrogens with zero attached hydrogens (tertiary/aromatic N) is 1. The van der Waals surface area contributed by atoms with E-state index in [-0.39, 0.29) is 12.3 Å². The zero-order valence-electron chi connectivity index (χ0n) is 24.9. The molecule has 6 N–H and O–H groups in total. The van der Waals surface area contributed by atoms with E-state index in [1.807, 2.05) is 36.5 Å². The molecule has 0 fully saturated rings. The normalized spacial score (nSPS) is 15.7. The average Bonchev–Trinajstić information content (AvgIpc) is 3.25. The fourth-order valence-corrected chi connectivity index (χ4v) is 3.48. The molecule has 1 aliphatic carbocycles. The first kappa shape index (κ1) is 35.2. The van der Waals surface area contributed by atoms with Crippen LogP contribution in [0.25, 0.3) is 0 Å². The molecule has 0 aromatic rings. The third kappa shape index (κ3) is 14.4. The van der Waals surface area contributed by atoms with E-state index in [0.29, 0.717) is 54.4 Å². The van der Waals surface area contributed by atoms with E-state index in [1.54, 1.807) is 46.1 Å². The second kappa shape index (κ2) is 21.0. The van der Waals surface area contributed by atoms with Gasteiger partial charge in [0.05, 0.1) is 30.7 Å². The summed E-state index contributed by atoms with van der Waals surface area (Å²) < 4.78 is 5.01. The second-order valence-corrected chi connectivity index (χ2v) is 9.23. The smallest absolute Gasteiger partial charge is 0.320 e. The lowest BCUT2D eigenvalue weighted by atomic mass is 10.0. The quantitative estimate of drug-likeness (QED) is 0.0486. The summed E-state index contributed by atoms with van der Waals surface area (Å²) in [6, 6.07) is -1.04. The van der Waals surface area contributed by atoms with Crippen LogP contribution in [0, 0.1) is 5.41 Å². The first-order chi connectivity index (χ1) is 19.8. The van der Waals surface area contributed by atoms with Crippen LogP contribution in [0.3, 0.4) is 0 Å². The number of urea groups is 1. The minimum Gasteiger partial charge on any atom is -0.394 e. The van der Waals surface area contributed by atoms with Gasteiger partial charge in [0, 0.05) is 37.2 Å². The number of nitrogens with one attached hydrogen (secondary N) is 5. The van der Waals surface area contributed by atoms with Crippen molar-refractivity contribution >= 4 is 23.7 Å². The first-order valence-corrected chi connectivity index (χ1v) is 13.8. The molecule has 0 radical (unpaired) electrons. The number of aliphatic imine (C=N–C) groups is 1. The lowest BCUT2D eigenvalue weighted by Gasteiger charge is -2.21. The Morgan fingerprint density at radius 2 is 2.05 bits per heavy atom. The summed E-state index contributed by atoms with van der Waals surface area (Å²) in [4.78, 5) is 28.4. The van der Waals surface area contributed by atoms with Crippen molar-refractivity contribution in [1.29, 1.82) is 5.41 Å². The topological polar surface area (TPSA) is 148 Å². The standard InChI is InChI=1S/C31H46N6O4/c1-6-8-13-25(17-16-23(3)34-26(7-2)21-38)29(32)24(4)30(35-27-14-11-9-10-12-15-27)37-31(40)36-28(22-39)20-33-18-19-41-5/h7,9,11-17,21,28,32-33,35,39H,6,8,10,18-20,22H2,1-5H3,(H2,36,37,40)/b17-16-,25-13+,26-7-,30-24+,32-29?,34-23+/t28-/m1/s1. The molecule has 0 aliphatic heterocycles. The molecular formula is C31H46N6O4. The molecule has 0 saturated heterocycles. The van der Waals surface area contributed by atoms with E-state index in [4.69, 9.17) is 10.1 Å². The van der Waals surface area contributed by atoms with Gasteiger partial charge in [-0.1, -0.05) is 49.8 Å². The van der Waals surface area contributed by atoms with Gasteiger partial charge in [-0.25, -0.2) is 4.79 Å². The number of aliphatic hydroxyl groups is 1. The third-order valence-electron chi connectivity index (χ3n) is 5.84. The summed E-state index contributed by atoms with van der Waals surface area (Å²) in [5.74, 6) is 0.334. The maximum Gasteiger partial charge on any atom is 0.320 e. The van der Waals surface area contributed by atoms with Crippen molar-refractivity contribution in [2.24, 2.45) is 4.99 Å². The van der Waals surface area contributed by atoms with Crippen LogP contribution in [0.15, 0.2) is 88.0 Å². The van der Waals surface area contributed by atoms with Gasteiger partial charge in [0.1, 0.15) is 5.82 Å². The van der Waals surface area contributed by atoms with Gasteiger partial charge in [-0.15, -0.1) is 0 Å². The Labute approximate surface area is 244 Å². The lowest BCUT2D eigenvalue weighted by Crippen LogP contribution is -2.49. The number of aliphatic hydroxyl groups excluding tert-OH is 1. The van der Waals surface area contributed by atoms with Gasteiger partial charge in [0.15, 0.2) is 6.29 Å². The van der Waals surface area contributed by atoms with Gasteiger partial charge < -0.3 is 25.8 Å². The second-order valence-electron chi connectivity index (χ2n) is 9.23. The Hall–Kier alpha value is -3.86. The fourth-order valence-electron chi connectivity index (χ4n) is 3.48. The number of methoxy groups -OCH3 is 1. The Morgan fingerprint density at radius 3 is 2.71 bits per heavy atom. The molecule has 1 aliphatic rings. The summed E-state index contributed by atoms with van der Waals surface area (Å²) >= 11 is 0. The van der Waals surface area contributed by atoms with E-state index in [9.17, 15) is 14.7 Å². The van der Waals surface area contributed by atoms with Crippen LogP contribution in [0.1, 0.15) is 47.0 Å². The van der Waals surface area contributed by atoms with E-state index >= 15 is 0 Å². The van der Waals surface area contributed by atoms with E-state index < -0.39 is 12.1 Å². The monoisotopic (exact) mass is 566 g/mol. The summed E-state index contributed by atoms with van der Waals surface area (Å²) in [7, 11) is 1.60. The molecule has 0 saturated carbocycles. The molecule has 0 aromatic heterocycles. The van der Waals surface area contributed by atoms with Crippen molar-refractivity contribution in [1.82, 2.24) is 21.3 Å². The number of carbonyl (C=O) groups is 2. The molecule has 10 heteroatoms. The highest BCUT2D eigenvalue weighted by Gasteiger charge is 2.17. The van der Waals surface area contributed by atoms with Crippen molar-refractivity contribution in [3.05, 3.63) is 83.0 Å². The molecule has 0 bridgehead atoms. The molecule has 41 heavy (non-hydrogen) atoms. The van der Waals surface area contributed by atoms with Gasteiger partial charge >= 0.3 is 6.03 Å². The van der Waals surface area contributed by atoms with Crippen LogP contribution in [0.2, 0.25) is 0 Å². The van der Waals surface area contributed by atoms with Crippen molar-refractivity contribution < 1.29 is 19.4 Å². The van der Waals surface area contributed by atoms with Crippen LogP contribution in [-0.4, -0.2) is 68.3 Å². The fraction of sp³-hybridized carbons (Fsp3) is 0.419. The maximum absolute atomic E-state index is 13.0. The number of amides is 2. The summed E-state index contributed by atoms with van der Waals surface area (Å²) in [5.41, 5.74) is 3.05.